The lowest BCUT2D eigenvalue weighted by atomic mass is 9.92. The van der Waals surface area contributed by atoms with E-state index in [2.05, 4.69) is 15.5 Å². The highest BCUT2D eigenvalue weighted by Gasteiger charge is 2.32. The molecule has 1 aliphatic heterocycles. The quantitative estimate of drug-likeness (QED) is 0.652. The molecule has 0 radical (unpaired) electrons. The Bertz CT molecular complexity index is 1230. The van der Waals surface area contributed by atoms with E-state index >= 15 is 0 Å². The minimum Gasteiger partial charge on any atom is -0.324 e. The largest absolute Gasteiger partial charge is 0.324 e. The van der Waals surface area contributed by atoms with Gasteiger partial charge in [0.1, 0.15) is 0 Å². The number of aromatic nitrogens is 2. The van der Waals surface area contributed by atoms with Gasteiger partial charge >= 0.3 is 0 Å². The topological polar surface area (TPSA) is 95.2 Å². The number of amides is 1. The summed E-state index contributed by atoms with van der Waals surface area (Å²) in [5.74, 6) is -0.291. The van der Waals surface area contributed by atoms with Crippen molar-refractivity contribution in [1.29, 1.82) is 0 Å². The molecule has 1 aromatic heterocycles. The number of carbonyl (C=O) groups excluding carboxylic acids is 1. The highest BCUT2D eigenvalue weighted by atomic mass is 32.2. The van der Waals surface area contributed by atoms with Gasteiger partial charge in [-0.25, -0.2) is 8.42 Å². The smallest absolute Gasteiger partial charge is 0.243 e. The summed E-state index contributed by atoms with van der Waals surface area (Å²) < 4.78 is 27.9. The maximum Gasteiger partial charge on any atom is 0.243 e. The molecule has 1 aliphatic carbocycles. The fourth-order valence-corrected chi connectivity index (χ4v) is 6.21. The van der Waals surface area contributed by atoms with E-state index in [1.54, 1.807) is 12.3 Å². The van der Waals surface area contributed by atoms with Crippen LogP contribution >= 0.6 is 0 Å². The summed E-state index contributed by atoms with van der Waals surface area (Å²) in [6, 6.07) is 11.2. The number of anilines is 1. The first-order chi connectivity index (χ1) is 15.0. The number of benzene rings is 2. The number of nitrogens with zero attached hydrogens (tertiary/aromatic N) is 2. The minimum atomic E-state index is -3.54. The van der Waals surface area contributed by atoms with Crippen LogP contribution in [-0.4, -0.2) is 41.9 Å². The Labute approximate surface area is 181 Å². The molecule has 1 saturated heterocycles. The number of aromatic amines is 1. The van der Waals surface area contributed by atoms with Gasteiger partial charge in [-0.1, -0.05) is 18.2 Å². The first-order valence-corrected chi connectivity index (χ1v) is 12.3. The molecule has 2 aromatic carbocycles. The zero-order valence-corrected chi connectivity index (χ0v) is 18.1. The van der Waals surface area contributed by atoms with Gasteiger partial charge < -0.3 is 5.32 Å². The standard InChI is InChI=1S/C23H26N4O3S/c28-23(25-21-7-3-6-19-15-24-26-22(19)21)17-10-12-27(13-11-17)31(29,30)20-9-8-16-4-1-2-5-18(16)14-20/h3,6-9,14-15,17H,1-2,4-5,10-13H2,(H,24,26)(H,25,28). The third-order valence-corrected chi connectivity index (χ3v) is 8.41. The summed E-state index contributed by atoms with van der Waals surface area (Å²) in [7, 11) is -3.54. The maximum absolute atomic E-state index is 13.2. The molecule has 2 N–H and O–H groups in total. The van der Waals surface area contributed by atoms with Crippen LogP contribution in [0.1, 0.15) is 36.8 Å². The monoisotopic (exact) mass is 438 g/mol. The van der Waals surface area contributed by atoms with Crippen LogP contribution in [0.5, 0.6) is 0 Å². The number of aryl methyl sites for hydroxylation is 2. The molecule has 8 heteroatoms. The molecule has 2 heterocycles. The summed E-state index contributed by atoms with van der Waals surface area (Å²) in [6.45, 7) is 0.706. The Kier molecular flexibility index (Phi) is 5.27. The summed E-state index contributed by atoms with van der Waals surface area (Å²) in [5.41, 5.74) is 3.93. The Balaban J connectivity index is 1.25. The fourth-order valence-electron chi connectivity index (χ4n) is 4.69. The van der Waals surface area contributed by atoms with Crippen LogP contribution in [-0.2, 0) is 27.7 Å². The summed E-state index contributed by atoms with van der Waals surface area (Å²) in [5, 5.41) is 10.9. The van der Waals surface area contributed by atoms with E-state index in [1.807, 2.05) is 30.3 Å². The SMILES string of the molecule is O=C(Nc1cccc2cn[nH]c12)C1CCN(S(=O)(=O)c2ccc3c(c2)CCCC3)CC1. The average molecular weight is 439 g/mol. The number of sulfonamides is 1. The third kappa shape index (κ3) is 3.85. The molecule has 0 bridgehead atoms. The fraction of sp³-hybridized carbons (Fsp3) is 0.391. The molecule has 1 fully saturated rings. The number of fused-ring (bicyclic) bond motifs is 2. The van der Waals surface area contributed by atoms with Crippen LogP contribution < -0.4 is 5.32 Å². The van der Waals surface area contributed by atoms with Gasteiger partial charge in [0.25, 0.3) is 0 Å². The second-order valence-electron chi connectivity index (χ2n) is 8.45. The Morgan fingerprint density at radius 2 is 1.84 bits per heavy atom. The summed E-state index contributed by atoms with van der Waals surface area (Å²) >= 11 is 0. The van der Waals surface area contributed by atoms with Crippen molar-refractivity contribution in [2.75, 3.05) is 18.4 Å². The number of H-pyrrole nitrogens is 1. The van der Waals surface area contributed by atoms with Crippen molar-refractivity contribution < 1.29 is 13.2 Å². The predicted octanol–water partition coefficient (Wildman–Crippen LogP) is 3.48. The molecule has 5 rings (SSSR count). The average Bonchev–Trinajstić information content (AvgIpc) is 3.29. The molecule has 2 aliphatic rings. The normalized spacial score (nSPS) is 18.1. The lowest BCUT2D eigenvalue weighted by molar-refractivity contribution is -0.120. The van der Waals surface area contributed by atoms with Crippen LogP contribution in [0, 0.1) is 5.92 Å². The molecule has 0 unspecified atom stereocenters. The van der Waals surface area contributed by atoms with Gasteiger partial charge in [0, 0.05) is 24.4 Å². The molecule has 0 atom stereocenters. The molecular formula is C23H26N4O3S. The molecule has 7 nitrogen and oxygen atoms in total. The van der Waals surface area contributed by atoms with E-state index in [0.717, 1.165) is 35.7 Å². The van der Waals surface area contributed by atoms with Crippen LogP contribution in [0.25, 0.3) is 10.9 Å². The second-order valence-corrected chi connectivity index (χ2v) is 10.4. The first kappa shape index (κ1) is 20.2. The Morgan fingerprint density at radius 1 is 1.06 bits per heavy atom. The molecule has 1 amide bonds. The van der Waals surface area contributed by atoms with Gasteiger partial charge in [-0.05, 0) is 67.9 Å². The van der Waals surface area contributed by atoms with Crippen molar-refractivity contribution in [3.05, 3.63) is 53.7 Å². The number of rotatable bonds is 4. The molecule has 3 aromatic rings. The van der Waals surface area contributed by atoms with Gasteiger partial charge in [-0.2, -0.15) is 9.40 Å². The predicted molar refractivity (Wildman–Crippen MR) is 119 cm³/mol. The Hall–Kier alpha value is -2.71. The summed E-state index contributed by atoms with van der Waals surface area (Å²) in [6.07, 6.45) is 7.00. The Morgan fingerprint density at radius 3 is 2.65 bits per heavy atom. The van der Waals surface area contributed by atoms with Crippen molar-refractivity contribution in [3.63, 3.8) is 0 Å². The number of nitrogens with one attached hydrogen (secondary N) is 2. The van der Waals surface area contributed by atoms with Gasteiger partial charge in [0.05, 0.1) is 22.3 Å². The van der Waals surface area contributed by atoms with E-state index < -0.39 is 10.0 Å². The van der Waals surface area contributed by atoms with Gasteiger partial charge in [0.2, 0.25) is 15.9 Å². The molecule has 0 saturated carbocycles. The molecular weight excluding hydrogens is 412 g/mol. The van der Waals surface area contributed by atoms with Gasteiger partial charge in [0.15, 0.2) is 0 Å². The second kappa shape index (κ2) is 8.09. The van der Waals surface area contributed by atoms with Gasteiger partial charge in [-0.15, -0.1) is 0 Å². The molecule has 31 heavy (non-hydrogen) atoms. The highest BCUT2D eigenvalue weighted by molar-refractivity contribution is 7.89. The lowest BCUT2D eigenvalue weighted by Crippen LogP contribution is -2.41. The first-order valence-electron chi connectivity index (χ1n) is 10.9. The van der Waals surface area contributed by atoms with E-state index in [4.69, 9.17) is 0 Å². The number of hydrogen-bond acceptors (Lipinski definition) is 4. The van der Waals surface area contributed by atoms with Crippen molar-refractivity contribution in [3.8, 4) is 0 Å². The highest BCUT2D eigenvalue weighted by Crippen LogP contribution is 2.29. The number of piperidine rings is 1. The number of carbonyl (C=O) groups is 1. The van der Waals surface area contributed by atoms with Crippen molar-refractivity contribution in [1.82, 2.24) is 14.5 Å². The third-order valence-electron chi connectivity index (χ3n) is 6.52. The number of para-hydroxylation sites is 1. The summed E-state index contributed by atoms with van der Waals surface area (Å²) in [4.78, 5) is 13.2. The minimum absolute atomic E-state index is 0.0760. The lowest BCUT2D eigenvalue weighted by Gasteiger charge is -2.31. The van der Waals surface area contributed by atoms with Gasteiger partial charge in [-0.3, -0.25) is 9.89 Å². The van der Waals surface area contributed by atoms with E-state index in [-0.39, 0.29) is 11.8 Å². The van der Waals surface area contributed by atoms with E-state index in [0.29, 0.717) is 36.5 Å². The zero-order chi connectivity index (χ0) is 21.4. The van der Waals surface area contributed by atoms with Crippen molar-refractivity contribution in [2.45, 2.75) is 43.4 Å². The van der Waals surface area contributed by atoms with Crippen LogP contribution in [0.2, 0.25) is 0 Å². The van der Waals surface area contributed by atoms with Crippen molar-refractivity contribution >= 4 is 32.5 Å². The van der Waals surface area contributed by atoms with Crippen LogP contribution in [0.3, 0.4) is 0 Å². The maximum atomic E-state index is 13.2. The van der Waals surface area contributed by atoms with E-state index in [9.17, 15) is 13.2 Å². The molecule has 0 spiro atoms. The molecule has 162 valence electrons. The zero-order valence-electron chi connectivity index (χ0n) is 17.3. The van der Waals surface area contributed by atoms with Crippen molar-refractivity contribution in [2.24, 2.45) is 5.92 Å². The van der Waals surface area contributed by atoms with E-state index in [1.165, 1.54) is 16.3 Å². The van der Waals surface area contributed by atoms with Crippen LogP contribution in [0.4, 0.5) is 5.69 Å². The number of hydrogen-bond donors (Lipinski definition) is 2. The van der Waals surface area contributed by atoms with Crippen LogP contribution in [0.15, 0.2) is 47.5 Å².